The SMILES string of the molecule is CCN(CC)CCN1C(=O)C(O)=C(C(=O)c2cc3ccccc3o2)[C@H]1c1ccc(F)cc1. The van der Waals surface area contributed by atoms with Crippen LogP contribution in [0.4, 0.5) is 4.39 Å². The first-order valence-corrected chi connectivity index (χ1v) is 10.7. The van der Waals surface area contributed by atoms with E-state index in [9.17, 15) is 19.1 Å². The molecule has 3 aromatic rings. The number of aliphatic hydroxyl groups excluding tert-OH is 1. The van der Waals surface area contributed by atoms with E-state index < -0.39 is 29.3 Å². The number of para-hydroxylation sites is 1. The van der Waals surface area contributed by atoms with E-state index in [-0.39, 0.29) is 11.3 Å². The number of rotatable bonds is 8. The third kappa shape index (κ3) is 3.91. The van der Waals surface area contributed by atoms with Crippen molar-refractivity contribution in [3.63, 3.8) is 0 Å². The Morgan fingerprint density at radius 1 is 1.12 bits per heavy atom. The maximum atomic E-state index is 13.6. The molecule has 0 spiro atoms. The number of fused-ring (bicyclic) bond motifs is 1. The molecule has 1 amide bonds. The average Bonchev–Trinajstić information content (AvgIpc) is 3.34. The van der Waals surface area contributed by atoms with Gasteiger partial charge in [0, 0.05) is 18.5 Å². The van der Waals surface area contributed by atoms with Gasteiger partial charge in [-0.3, -0.25) is 9.59 Å². The van der Waals surface area contributed by atoms with Crippen molar-refractivity contribution in [1.82, 2.24) is 9.80 Å². The summed E-state index contributed by atoms with van der Waals surface area (Å²) in [6.07, 6.45) is 0. The summed E-state index contributed by atoms with van der Waals surface area (Å²) in [5, 5.41) is 11.5. The number of carbonyl (C=O) groups is 2. The van der Waals surface area contributed by atoms with Gasteiger partial charge in [-0.05, 0) is 42.9 Å². The Kier molecular flexibility index (Phi) is 6.10. The fourth-order valence-electron chi connectivity index (χ4n) is 4.12. The number of hydrogen-bond donors (Lipinski definition) is 1. The molecule has 2 heterocycles. The Bertz CT molecular complexity index is 1150. The summed E-state index contributed by atoms with van der Waals surface area (Å²) < 4.78 is 19.3. The van der Waals surface area contributed by atoms with E-state index in [2.05, 4.69) is 4.90 Å². The van der Waals surface area contributed by atoms with E-state index >= 15 is 0 Å². The Labute approximate surface area is 185 Å². The summed E-state index contributed by atoms with van der Waals surface area (Å²) in [7, 11) is 0. The van der Waals surface area contributed by atoms with Gasteiger partial charge in [0.2, 0.25) is 5.78 Å². The number of amides is 1. The fourth-order valence-corrected chi connectivity index (χ4v) is 4.12. The minimum Gasteiger partial charge on any atom is -0.503 e. The van der Waals surface area contributed by atoms with Crippen LogP contribution >= 0.6 is 0 Å². The Morgan fingerprint density at radius 2 is 1.81 bits per heavy atom. The van der Waals surface area contributed by atoms with Gasteiger partial charge < -0.3 is 19.3 Å². The lowest BCUT2D eigenvalue weighted by Gasteiger charge is -2.29. The summed E-state index contributed by atoms with van der Waals surface area (Å²) in [5.74, 6) is -2.16. The van der Waals surface area contributed by atoms with E-state index in [0.717, 1.165) is 18.5 Å². The van der Waals surface area contributed by atoms with Crippen LogP contribution in [0.15, 0.2) is 70.3 Å². The third-order valence-corrected chi connectivity index (χ3v) is 5.93. The smallest absolute Gasteiger partial charge is 0.290 e. The van der Waals surface area contributed by atoms with Crippen LogP contribution in [0.2, 0.25) is 0 Å². The number of carbonyl (C=O) groups excluding carboxylic acids is 2. The van der Waals surface area contributed by atoms with Crippen LogP contribution in [0.1, 0.15) is 36.0 Å². The van der Waals surface area contributed by atoms with Gasteiger partial charge in [-0.25, -0.2) is 4.39 Å². The number of aliphatic hydroxyl groups is 1. The highest BCUT2D eigenvalue weighted by molar-refractivity contribution is 6.16. The number of halogens is 1. The first kappa shape index (κ1) is 21.8. The summed E-state index contributed by atoms with van der Waals surface area (Å²) in [4.78, 5) is 30.1. The molecule has 166 valence electrons. The number of hydrogen-bond acceptors (Lipinski definition) is 5. The zero-order valence-electron chi connectivity index (χ0n) is 18.0. The molecule has 0 bridgehead atoms. The van der Waals surface area contributed by atoms with Crippen LogP contribution < -0.4 is 0 Å². The van der Waals surface area contributed by atoms with Crippen molar-refractivity contribution < 1.29 is 23.5 Å². The molecule has 7 heteroatoms. The molecule has 1 aromatic heterocycles. The summed E-state index contributed by atoms with van der Waals surface area (Å²) in [6, 6.07) is 13.6. The van der Waals surface area contributed by atoms with Crippen molar-refractivity contribution in [2.75, 3.05) is 26.2 Å². The fraction of sp³-hybridized carbons (Fsp3) is 0.280. The molecule has 0 aliphatic carbocycles. The molecular formula is C25H25FN2O4. The topological polar surface area (TPSA) is 74.0 Å². The zero-order chi connectivity index (χ0) is 22.8. The third-order valence-electron chi connectivity index (χ3n) is 5.93. The first-order chi connectivity index (χ1) is 15.4. The quantitative estimate of drug-likeness (QED) is 0.527. The van der Waals surface area contributed by atoms with Crippen molar-refractivity contribution in [3.05, 3.63) is 83.1 Å². The van der Waals surface area contributed by atoms with Crippen molar-refractivity contribution in [2.45, 2.75) is 19.9 Å². The van der Waals surface area contributed by atoms with Crippen LogP contribution in [0.25, 0.3) is 11.0 Å². The highest BCUT2D eigenvalue weighted by Gasteiger charge is 2.44. The van der Waals surface area contributed by atoms with Crippen LogP contribution in [-0.4, -0.2) is 52.8 Å². The Balaban J connectivity index is 1.74. The van der Waals surface area contributed by atoms with Crippen molar-refractivity contribution in [3.8, 4) is 0 Å². The number of likely N-dealkylation sites (N-methyl/N-ethyl adjacent to an activating group) is 1. The van der Waals surface area contributed by atoms with Crippen LogP contribution in [-0.2, 0) is 4.79 Å². The Hall–Kier alpha value is -3.45. The molecular weight excluding hydrogens is 411 g/mol. The summed E-state index contributed by atoms with van der Waals surface area (Å²) in [5.41, 5.74) is 1.03. The minimum atomic E-state index is -0.834. The summed E-state index contributed by atoms with van der Waals surface area (Å²) in [6.45, 7) is 6.56. The van der Waals surface area contributed by atoms with Gasteiger partial charge in [-0.15, -0.1) is 0 Å². The van der Waals surface area contributed by atoms with Gasteiger partial charge in [-0.1, -0.05) is 44.2 Å². The van der Waals surface area contributed by atoms with Crippen LogP contribution in [0, 0.1) is 5.82 Å². The van der Waals surface area contributed by atoms with E-state index in [1.165, 1.54) is 29.2 Å². The molecule has 0 radical (unpaired) electrons. The van der Waals surface area contributed by atoms with E-state index in [4.69, 9.17) is 4.42 Å². The largest absolute Gasteiger partial charge is 0.503 e. The molecule has 1 atom stereocenters. The van der Waals surface area contributed by atoms with Crippen molar-refractivity contribution in [1.29, 1.82) is 0 Å². The second-order valence-electron chi connectivity index (χ2n) is 7.72. The first-order valence-electron chi connectivity index (χ1n) is 10.7. The molecule has 6 nitrogen and oxygen atoms in total. The lowest BCUT2D eigenvalue weighted by Crippen LogP contribution is -2.38. The zero-order valence-corrected chi connectivity index (χ0v) is 18.0. The van der Waals surface area contributed by atoms with Crippen molar-refractivity contribution >= 4 is 22.7 Å². The molecule has 0 unspecified atom stereocenters. The highest BCUT2D eigenvalue weighted by atomic mass is 19.1. The minimum absolute atomic E-state index is 0.0401. The van der Waals surface area contributed by atoms with Gasteiger partial charge in [-0.2, -0.15) is 0 Å². The van der Waals surface area contributed by atoms with Gasteiger partial charge in [0.25, 0.3) is 5.91 Å². The molecule has 4 rings (SSSR count). The number of Topliss-reactive ketones (excluding diaryl/α,β-unsaturated/α-hetero) is 1. The molecule has 0 saturated heterocycles. The second-order valence-corrected chi connectivity index (χ2v) is 7.72. The molecule has 1 aliphatic heterocycles. The van der Waals surface area contributed by atoms with Crippen LogP contribution in [0.5, 0.6) is 0 Å². The van der Waals surface area contributed by atoms with E-state index in [1.807, 2.05) is 26.0 Å². The maximum Gasteiger partial charge on any atom is 0.290 e. The predicted octanol–water partition coefficient (Wildman–Crippen LogP) is 4.49. The highest BCUT2D eigenvalue weighted by Crippen LogP contribution is 2.39. The van der Waals surface area contributed by atoms with E-state index in [0.29, 0.717) is 24.2 Å². The number of ketones is 1. The maximum absolute atomic E-state index is 13.6. The van der Waals surface area contributed by atoms with Crippen LogP contribution in [0.3, 0.4) is 0 Å². The van der Waals surface area contributed by atoms with Crippen molar-refractivity contribution in [2.24, 2.45) is 0 Å². The lowest BCUT2D eigenvalue weighted by molar-refractivity contribution is -0.129. The molecule has 1 aliphatic rings. The number of benzene rings is 2. The van der Waals surface area contributed by atoms with Gasteiger partial charge in [0.1, 0.15) is 11.4 Å². The Morgan fingerprint density at radius 3 is 2.47 bits per heavy atom. The molecule has 0 fully saturated rings. The van der Waals surface area contributed by atoms with Gasteiger partial charge in [0.15, 0.2) is 11.5 Å². The number of furan rings is 1. The molecule has 32 heavy (non-hydrogen) atoms. The molecule has 0 saturated carbocycles. The van der Waals surface area contributed by atoms with Gasteiger partial charge in [0.05, 0.1) is 11.6 Å². The standard InChI is InChI=1S/C25H25FN2O4/c1-3-27(4-2)13-14-28-22(16-9-11-18(26)12-10-16)21(24(30)25(28)31)23(29)20-15-17-7-5-6-8-19(17)32-20/h5-12,15,22,30H,3-4,13-14H2,1-2H3/t22-/m1/s1. The summed E-state index contributed by atoms with van der Waals surface area (Å²) >= 11 is 0. The van der Waals surface area contributed by atoms with E-state index in [1.54, 1.807) is 18.2 Å². The predicted molar refractivity (Wildman–Crippen MR) is 119 cm³/mol. The monoisotopic (exact) mass is 436 g/mol. The number of nitrogens with zero attached hydrogens (tertiary/aromatic N) is 2. The second kappa shape index (κ2) is 8.96. The lowest BCUT2D eigenvalue weighted by atomic mass is 9.95. The molecule has 2 aromatic carbocycles. The van der Waals surface area contributed by atoms with Gasteiger partial charge >= 0.3 is 0 Å². The molecule has 1 N–H and O–H groups in total. The normalized spacial score (nSPS) is 16.6. The average molecular weight is 436 g/mol.